The number of rotatable bonds is 7. The summed E-state index contributed by atoms with van der Waals surface area (Å²) in [5.74, 6) is 1.70. The zero-order chi connectivity index (χ0) is 23.3. The first kappa shape index (κ1) is 22.3. The predicted molar refractivity (Wildman–Crippen MR) is 119 cm³/mol. The lowest BCUT2D eigenvalue weighted by atomic mass is 10.1. The molecule has 0 bridgehead atoms. The van der Waals surface area contributed by atoms with Crippen molar-refractivity contribution in [1.82, 2.24) is 10.3 Å². The number of benzene rings is 2. The first-order valence-corrected chi connectivity index (χ1v) is 10.4. The third-order valence-electron chi connectivity index (χ3n) is 4.92. The first-order chi connectivity index (χ1) is 15.9. The van der Waals surface area contributed by atoms with E-state index in [9.17, 15) is 18.0 Å². The molecule has 9 heteroatoms. The number of aliphatic imine (C=N–C) groups is 1. The van der Waals surface area contributed by atoms with Crippen LogP contribution in [0, 0.1) is 0 Å². The molecule has 2 aromatic carbocycles. The van der Waals surface area contributed by atoms with E-state index in [2.05, 4.69) is 20.6 Å². The van der Waals surface area contributed by atoms with Crippen LogP contribution >= 0.6 is 0 Å². The molecule has 33 heavy (non-hydrogen) atoms. The number of hydrogen-bond donors (Lipinski definition) is 2. The molecule has 0 aliphatic carbocycles. The van der Waals surface area contributed by atoms with E-state index in [0.717, 1.165) is 36.6 Å². The van der Waals surface area contributed by atoms with Gasteiger partial charge >= 0.3 is 6.18 Å². The maximum Gasteiger partial charge on any atom is 0.416 e. The zero-order valence-electron chi connectivity index (χ0n) is 17.5. The number of hydrogen-bond acceptors (Lipinski definition) is 5. The highest BCUT2D eigenvalue weighted by Crippen LogP contribution is 2.30. The van der Waals surface area contributed by atoms with Crippen LogP contribution in [0.4, 0.5) is 18.9 Å². The first-order valence-electron chi connectivity index (χ1n) is 10.4. The van der Waals surface area contributed by atoms with Crippen molar-refractivity contribution in [2.75, 3.05) is 18.4 Å². The number of anilines is 1. The number of amidine groups is 1. The fourth-order valence-electron chi connectivity index (χ4n) is 3.30. The average Bonchev–Trinajstić information content (AvgIpc) is 3.33. The van der Waals surface area contributed by atoms with Crippen LogP contribution < -0.4 is 15.4 Å². The molecule has 6 nitrogen and oxygen atoms in total. The van der Waals surface area contributed by atoms with Crippen molar-refractivity contribution >= 4 is 17.4 Å². The van der Waals surface area contributed by atoms with Crippen molar-refractivity contribution in [3.8, 4) is 11.5 Å². The summed E-state index contributed by atoms with van der Waals surface area (Å²) in [4.78, 5) is 20.9. The van der Waals surface area contributed by atoms with Gasteiger partial charge in [0, 0.05) is 30.9 Å². The molecule has 0 saturated carbocycles. The molecule has 0 spiro atoms. The monoisotopic (exact) mass is 454 g/mol. The fourth-order valence-corrected chi connectivity index (χ4v) is 3.30. The average molecular weight is 454 g/mol. The number of amides is 1. The fraction of sp³-hybridized carbons (Fsp3) is 0.208. The third-order valence-corrected chi connectivity index (χ3v) is 4.92. The molecule has 2 N–H and O–H groups in total. The Morgan fingerprint density at radius 1 is 1.06 bits per heavy atom. The summed E-state index contributed by atoms with van der Waals surface area (Å²) >= 11 is 0. The van der Waals surface area contributed by atoms with Crippen molar-refractivity contribution in [2.24, 2.45) is 4.99 Å². The summed E-state index contributed by atoms with van der Waals surface area (Å²) in [6, 6.07) is 15.3. The number of carbonyl (C=O) groups excluding carboxylic acids is 1. The third kappa shape index (κ3) is 6.09. The van der Waals surface area contributed by atoms with Gasteiger partial charge in [0.05, 0.1) is 12.1 Å². The molecule has 1 aliphatic heterocycles. The highest BCUT2D eigenvalue weighted by atomic mass is 19.4. The van der Waals surface area contributed by atoms with Gasteiger partial charge in [-0.1, -0.05) is 12.1 Å². The van der Waals surface area contributed by atoms with Crippen LogP contribution in [0.1, 0.15) is 23.2 Å². The minimum absolute atomic E-state index is 0.176. The van der Waals surface area contributed by atoms with Crippen LogP contribution in [0.5, 0.6) is 11.5 Å². The van der Waals surface area contributed by atoms with Gasteiger partial charge in [-0.25, -0.2) is 0 Å². The van der Waals surface area contributed by atoms with Gasteiger partial charge in [0.2, 0.25) is 5.91 Å². The molecule has 170 valence electrons. The minimum Gasteiger partial charge on any atom is -0.457 e. The van der Waals surface area contributed by atoms with Crippen LogP contribution in [-0.2, 0) is 17.4 Å². The molecule has 0 radical (unpaired) electrons. The van der Waals surface area contributed by atoms with Crippen molar-refractivity contribution in [3.63, 3.8) is 0 Å². The lowest BCUT2D eigenvalue weighted by Crippen LogP contribution is -2.20. The van der Waals surface area contributed by atoms with Gasteiger partial charge in [-0.05, 0) is 54.4 Å². The molecule has 1 amide bonds. The lowest BCUT2D eigenvalue weighted by molar-refractivity contribution is -0.137. The van der Waals surface area contributed by atoms with Crippen molar-refractivity contribution in [2.45, 2.75) is 19.0 Å². The quantitative estimate of drug-likeness (QED) is 0.537. The second-order valence-electron chi connectivity index (χ2n) is 7.41. The van der Waals surface area contributed by atoms with Gasteiger partial charge in [-0.3, -0.25) is 14.8 Å². The summed E-state index contributed by atoms with van der Waals surface area (Å²) < 4.78 is 43.9. The van der Waals surface area contributed by atoms with Crippen molar-refractivity contribution < 1.29 is 22.7 Å². The molecular weight excluding hydrogens is 433 g/mol. The van der Waals surface area contributed by atoms with E-state index in [4.69, 9.17) is 4.74 Å². The van der Waals surface area contributed by atoms with E-state index >= 15 is 0 Å². The second-order valence-corrected chi connectivity index (χ2v) is 7.41. The Bertz CT molecular complexity index is 1160. The van der Waals surface area contributed by atoms with Crippen molar-refractivity contribution in [1.29, 1.82) is 0 Å². The highest BCUT2D eigenvalue weighted by molar-refractivity contribution is 5.98. The van der Waals surface area contributed by atoms with E-state index in [1.165, 1.54) is 12.1 Å². The van der Waals surface area contributed by atoms with Crippen LogP contribution in [0.25, 0.3) is 0 Å². The molecule has 1 aromatic heterocycles. The van der Waals surface area contributed by atoms with E-state index in [1.807, 2.05) is 24.3 Å². The van der Waals surface area contributed by atoms with Gasteiger partial charge in [-0.15, -0.1) is 0 Å². The number of pyridine rings is 1. The van der Waals surface area contributed by atoms with E-state index in [-0.39, 0.29) is 12.3 Å². The molecule has 3 aromatic rings. The number of halogens is 3. The van der Waals surface area contributed by atoms with Gasteiger partial charge in [-0.2, -0.15) is 13.2 Å². The lowest BCUT2D eigenvalue weighted by Gasteiger charge is -2.10. The maximum absolute atomic E-state index is 12.6. The summed E-state index contributed by atoms with van der Waals surface area (Å²) in [7, 11) is 0. The summed E-state index contributed by atoms with van der Waals surface area (Å²) in [6.07, 6.45) is -2.13. The molecule has 0 atom stereocenters. The number of aromatic nitrogens is 1. The number of nitrogens with one attached hydrogen (secondary N) is 2. The molecule has 0 unspecified atom stereocenters. The zero-order valence-corrected chi connectivity index (χ0v) is 17.5. The van der Waals surface area contributed by atoms with Crippen molar-refractivity contribution in [3.05, 3.63) is 83.7 Å². The van der Waals surface area contributed by atoms with E-state index < -0.39 is 11.7 Å². The van der Waals surface area contributed by atoms with Gasteiger partial charge < -0.3 is 15.4 Å². The largest absolute Gasteiger partial charge is 0.457 e. The smallest absolute Gasteiger partial charge is 0.416 e. The topological polar surface area (TPSA) is 75.6 Å². The number of alkyl halides is 3. The van der Waals surface area contributed by atoms with Crippen LogP contribution in [0.2, 0.25) is 0 Å². The number of ether oxygens (including phenoxy) is 1. The summed E-state index contributed by atoms with van der Waals surface area (Å²) in [6.45, 7) is 1.51. The Labute approximate surface area is 188 Å². The number of nitrogens with zero attached hydrogens (tertiary/aromatic N) is 2. The Kier molecular flexibility index (Phi) is 6.58. The van der Waals surface area contributed by atoms with Gasteiger partial charge in [0.25, 0.3) is 0 Å². The van der Waals surface area contributed by atoms with Gasteiger partial charge in [0.1, 0.15) is 23.0 Å². The normalized spacial score (nSPS) is 13.2. The molecular formula is C24H21F3N4O2. The predicted octanol–water partition coefficient (Wildman–Crippen LogP) is 4.81. The Balaban J connectivity index is 1.33. The van der Waals surface area contributed by atoms with E-state index in [0.29, 0.717) is 29.3 Å². The molecule has 0 fully saturated rings. The van der Waals surface area contributed by atoms with Gasteiger partial charge in [0.15, 0.2) is 0 Å². The number of carbonyl (C=O) groups is 1. The van der Waals surface area contributed by atoms with Crippen LogP contribution in [0.3, 0.4) is 0 Å². The second kappa shape index (κ2) is 9.72. The Morgan fingerprint density at radius 2 is 1.85 bits per heavy atom. The van der Waals surface area contributed by atoms with E-state index in [1.54, 1.807) is 18.3 Å². The number of aryl methyl sites for hydroxylation is 1. The Hall–Kier alpha value is -3.88. The molecule has 0 saturated heterocycles. The standard InChI is InChI=1S/C24H21F3N4O2/c25-24(26,27)17-5-7-18(8-6-17)31-22(32)9-4-16-2-1-3-19(14-16)33-20-10-11-28-21(15-20)23-29-12-13-30-23/h1-3,5-8,10-11,14-15H,4,9,12-13H2,(H,29,30)(H,31,32). The Morgan fingerprint density at radius 3 is 2.58 bits per heavy atom. The minimum atomic E-state index is -4.41. The molecule has 2 heterocycles. The maximum atomic E-state index is 12.6. The van der Waals surface area contributed by atoms with Crippen LogP contribution in [0.15, 0.2) is 71.9 Å². The molecule has 1 aliphatic rings. The van der Waals surface area contributed by atoms with Crippen LogP contribution in [-0.4, -0.2) is 29.8 Å². The SMILES string of the molecule is O=C(CCc1cccc(Oc2ccnc(C3=NCCN3)c2)c1)Nc1ccc(C(F)(F)F)cc1. The molecule has 4 rings (SSSR count). The highest BCUT2D eigenvalue weighted by Gasteiger charge is 2.30. The summed E-state index contributed by atoms with van der Waals surface area (Å²) in [5, 5.41) is 5.79. The summed E-state index contributed by atoms with van der Waals surface area (Å²) in [5.41, 5.74) is 1.17.